The van der Waals surface area contributed by atoms with Gasteiger partial charge in [0.15, 0.2) is 5.67 Å². The second-order valence-corrected chi connectivity index (χ2v) is 4.91. The first-order valence-electron chi connectivity index (χ1n) is 6.81. The predicted molar refractivity (Wildman–Crippen MR) is 82.0 cm³/mol. The van der Waals surface area contributed by atoms with Gasteiger partial charge in [-0.3, -0.25) is 0 Å². The summed E-state index contributed by atoms with van der Waals surface area (Å²) in [6.07, 6.45) is 0. The smallest absolute Gasteiger partial charge is 0.189 e. The fourth-order valence-corrected chi connectivity index (χ4v) is 2.58. The van der Waals surface area contributed by atoms with Crippen LogP contribution in [0.4, 0.5) is 4.39 Å². The van der Waals surface area contributed by atoms with Gasteiger partial charge in [0.1, 0.15) is 5.75 Å². The van der Waals surface area contributed by atoms with Gasteiger partial charge >= 0.3 is 0 Å². The fourth-order valence-electron chi connectivity index (χ4n) is 2.58. The lowest BCUT2D eigenvalue weighted by molar-refractivity contribution is 0.271. The highest BCUT2D eigenvalue weighted by atomic mass is 19.1. The van der Waals surface area contributed by atoms with Crippen LogP contribution in [0.2, 0.25) is 0 Å². The molecule has 0 saturated carbocycles. The average Bonchev–Trinajstić information content (AvgIpc) is 2.56. The first kappa shape index (κ1) is 13.4. The van der Waals surface area contributed by atoms with Crippen LogP contribution in [-0.4, -0.2) is 5.11 Å². The summed E-state index contributed by atoms with van der Waals surface area (Å²) in [4.78, 5) is 0. The normalized spacial score (nSPS) is 11.3. The Morgan fingerprint density at radius 1 is 0.619 bits per heavy atom. The number of hydrogen-bond donors (Lipinski definition) is 1. The van der Waals surface area contributed by atoms with Crippen molar-refractivity contribution >= 4 is 0 Å². The van der Waals surface area contributed by atoms with Crippen LogP contribution in [0.1, 0.15) is 16.7 Å². The Kier molecular flexibility index (Phi) is 3.44. The zero-order valence-electron chi connectivity index (χ0n) is 11.4. The number of halogens is 1. The standard InChI is InChI=1S/C19H15FO/c20-19(15-9-3-1-4-10-15,16-11-5-2-6-12-16)17-13-7-8-14-18(17)21/h1-14,21H. The van der Waals surface area contributed by atoms with Crippen LogP contribution in [-0.2, 0) is 5.67 Å². The van der Waals surface area contributed by atoms with E-state index in [-0.39, 0.29) is 11.3 Å². The highest BCUT2D eigenvalue weighted by molar-refractivity contribution is 5.51. The van der Waals surface area contributed by atoms with E-state index in [4.69, 9.17) is 0 Å². The summed E-state index contributed by atoms with van der Waals surface area (Å²) in [6.45, 7) is 0. The third kappa shape index (κ3) is 2.29. The molecule has 3 rings (SSSR count). The average molecular weight is 278 g/mol. The molecule has 0 radical (unpaired) electrons. The van der Waals surface area contributed by atoms with E-state index in [1.807, 2.05) is 12.1 Å². The van der Waals surface area contributed by atoms with Gasteiger partial charge in [-0.05, 0) is 17.2 Å². The van der Waals surface area contributed by atoms with Crippen molar-refractivity contribution in [3.63, 3.8) is 0 Å². The Morgan fingerprint density at radius 3 is 1.52 bits per heavy atom. The number of phenols is 1. The van der Waals surface area contributed by atoms with Crippen LogP contribution in [0.25, 0.3) is 0 Å². The van der Waals surface area contributed by atoms with Crippen LogP contribution in [0.5, 0.6) is 5.75 Å². The van der Waals surface area contributed by atoms with Gasteiger partial charge in [0.05, 0.1) is 0 Å². The van der Waals surface area contributed by atoms with Crippen molar-refractivity contribution in [2.75, 3.05) is 0 Å². The monoisotopic (exact) mass is 278 g/mol. The molecule has 1 N–H and O–H groups in total. The van der Waals surface area contributed by atoms with Gasteiger partial charge in [-0.2, -0.15) is 0 Å². The molecule has 0 amide bonds. The number of aromatic hydroxyl groups is 1. The van der Waals surface area contributed by atoms with Crippen molar-refractivity contribution in [1.29, 1.82) is 0 Å². The summed E-state index contributed by atoms with van der Waals surface area (Å²) in [6, 6.07) is 24.4. The molecule has 0 aliphatic rings. The van der Waals surface area contributed by atoms with E-state index < -0.39 is 5.67 Å². The van der Waals surface area contributed by atoms with Crippen molar-refractivity contribution in [2.45, 2.75) is 5.67 Å². The summed E-state index contributed by atoms with van der Waals surface area (Å²) in [5, 5.41) is 10.1. The zero-order chi connectivity index (χ0) is 14.7. The maximum atomic E-state index is 16.1. The molecule has 3 aromatic carbocycles. The molecule has 0 aromatic heterocycles. The lowest BCUT2D eigenvalue weighted by atomic mass is 9.81. The molecule has 0 aliphatic heterocycles. The summed E-state index contributed by atoms with van der Waals surface area (Å²) in [7, 11) is 0. The van der Waals surface area contributed by atoms with Gasteiger partial charge in [0.25, 0.3) is 0 Å². The second kappa shape index (κ2) is 5.41. The fraction of sp³-hybridized carbons (Fsp3) is 0.0526. The van der Waals surface area contributed by atoms with Crippen molar-refractivity contribution < 1.29 is 9.50 Å². The summed E-state index contributed by atoms with van der Waals surface area (Å²) in [5.41, 5.74) is -0.633. The molecule has 21 heavy (non-hydrogen) atoms. The Balaban J connectivity index is 2.29. The largest absolute Gasteiger partial charge is 0.508 e. The van der Waals surface area contributed by atoms with Gasteiger partial charge < -0.3 is 5.11 Å². The third-order valence-corrected chi connectivity index (χ3v) is 3.62. The van der Waals surface area contributed by atoms with E-state index in [9.17, 15) is 5.11 Å². The van der Waals surface area contributed by atoms with E-state index in [1.54, 1.807) is 66.7 Å². The molecular formula is C19H15FO. The molecule has 2 heteroatoms. The topological polar surface area (TPSA) is 20.2 Å². The molecule has 0 aliphatic carbocycles. The summed E-state index contributed by atoms with van der Waals surface area (Å²) in [5.74, 6) is -0.0484. The highest BCUT2D eigenvalue weighted by Gasteiger charge is 2.38. The van der Waals surface area contributed by atoms with Crippen molar-refractivity contribution in [2.24, 2.45) is 0 Å². The quantitative estimate of drug-likeness (QED) is 0.691. The molecule has 0 saturated heterocycles. The Morgan fingerprint density at radius 2 is 1.05 bits per heavy atom. The maximum absolute atomic E-state index is 16.1. The van der Waals surface area contributed by atoms with Gasteiger partial charge in [0, 0.05) is 5.56 Å². The first-order valence-corrected chi connectivity index (χ1v) is 6.81. The van der Waals surface area contributed by atoms with Crippen LogP contribution in [0.3, 0.4) is 0 Å². The predicted octanol–water partition coefficient (Wildman–Crippen LogP) is 4.65. The number of benzene rings is 3. The molecule has 1 nitrogen and oxygen atoms in total. The van der Waals surface area contributed by atoms with E-state index in [2.05, 4.69) is 0 Å². The minimum Gasteiger partial charge on any atom is -0.508 e. The van der Waals surface area contributed by atoms with Gasteiger partial charge in [-0.1, -0.05) is 78.9 Å². The zero-order valence-corrected chi connectivity index (χ0v) is 11.4. The lowest BCUT2D eigenvalue weighted by Gasteiger charge is -2.27. The molecule has 0 heterocycles. The Labute approximate surface area is 123 Å². The first-order chi connectivity index (χ1) is 10.2. The minimum atomic E-state index is -1.88. The van der Waals surface area contributed by atoms with Gasteiger partial charge in [-0.15, -0.1) is 0 Å². The SMILES string of the molecule is Oc1ccccc1C(F)(c1ccccc1)c1ccccc1. The maximum Gasteiger partial charge on any atom is 0.189 e. The van der Waals surface area contributed by atoms with E-state index in [0.29, 0.717) is 11.1 Å². The molecule has 0 fully saturated rings. The van der Waals surface area contributed by atoms with Crippen molar-refractivity contribution in [1.82, 2.24) is 0 Å². The summed E-state index contributed by atoms with van der Waals surface area (Å²) < 4.78 is 16.1. The molecule has 0 unspecified atom stereocenters. The molecule has 0 bridgehead atoms. The van der Waals surface area contributed by atoms with E-state index in [1.165, 1.54) is 6.07 Å². The minimum absolute atomic E-state index is 0.0484. The van der Waals surface area contributed by atoms with Crippen molar-refractivity contribution in [3.05, 3.63) is 102 Å². The number of alkyl halides is 1. The van der Waals surface area contributed by atoms with Gasteiger partial charge in [-0.25, -0.2) is 4.39 Å². The van der Waals surface area contributed by atoms with E-state index in [0.717, 1.165) is 0 Å². The molecule has 0 spiro atoms. The third-order valence-electron chi connectivity index (χ3n) is 3.62. The van der Waals surface area contributed by atoms with Gasteiger partial charge in [0.2, 0.25) is 0 Å². The van der Waals surface area contributed by atoms with Crippen LogP contribution < -0.4 is 0 Å². The van der Waals surface area contributed by atoms with E-state index >= 15 is 4.39 Å². The summed E-state index contributed by atoms with van der Waals surface area (Å²) >= 11 is 0. The van der Waals surface area contributed by atoms with Crippen molar-refractivity contribution in [3.8, 4) is 5.75 Å². The van der Waals surface area contributed by atoms with Crippen LogP contribution in [0.15, 0.2) is 84.9 Å². The number of rotatable bonds is 3. The number of para-hydroxylation sites is 1. The second-order valence-electron chi connectivity index (χ2n) is 4.91. The van der Waals surface area contributed by atoms with Crippen LogP contribution >= 0.6 is 0 Å². The lowest BCUT2D eigenvalue weighted by Crippen LogP contribution is -2.23. The number of hydrogen-bond acceptors (Lipinski definition) is 1. The Hall–Kier alpha value is -2.61. The Bertz CT molecular complexity index is 683. The molecule has 0 atom stereocenters. The highest BCUT2D eigenvalue weighted by Crippen LogP contribution is 2.43. The van der Waals surface area contributed by atoms with Crippen LogP contribution in [0, 0.1) is 0 Å². The molecule has 104 valence electrons. The number of phenolic OH excluding ortho intramolecular Hbond substituents is 1. The molecule has 3 aromatic rings. The molecular weight excluding hydrogens is 263 g/mol.